The summed E-state index contributed by atoms with van der Waals surface area (Å²) in [7, 11) is -0.554. The van der Waals surface area contributed by atoms with Crippen LogP contribution in [0.25, 0.3) is 0 Å². The lowest BCUT2D eigenvalue weighted by molar-refractivity contribution is 0.00578. The van der Waals surface area contributed by atoms with Crippen molar-refractivity contribution in [1.82, 2.24) is 0 Å². The van der Waals surface area contributed by atoms with Crippen molar-refractivity contribution in [1.29, 1.82) is 0 Å². The van der Waals surface area contributed by atoms with Gasteiger partial charge in [-0.1, -0.05) is 19.9 Å². The van der Waals surface area contributed by atoms with Gasteiger partial charge in [-0.3, -0.25) is 4.99 Å². The van der Waals surface area contributed by atoms with Gasteiger partial charge in [-0.25, -0.2) is 4.39 Å². The Bertz CT molecular complexity index is 683. The van der Waals surface area contributed by atoms with Crippen LogP contribution in [-0.2, 0) is 14.7 Å². The summed E-state index contributed by atoms with van der Waals surface area (Å²) in [5.74, 6) is -0.302. The van der Waals surface area contributed by atoms with Crippen molar-refractivity contribution in [3.8, 4) is 0 Å². The first kappa shape index (κ1) is 16.7. The zero-order valence-corrected chi connectivity index (χ0v) is 15.1. The molecule has 0 bridgehead atoms. The van der Waals surface area contributed by atoms with Crippen LogP contribution in [0.5, 0.6) is 0 Å². The van der Waals surface area contributed by atoms with Crippen LogP contribution in [0.3, 0.4) is 0 Å². The number of benzene rings is 1. The van der Waals surface area contributed by atoms with E-state index in [9.17, 15) is 4.39 Å². The Hall–Kier alpha value is -1.20. The summed E-state index contributed by atoms with van der Waals surface area (Å²) in [6.07, 6.45) is 0.877. The average Bonchev–Trinajstić information content (AvgIpc) is 2.83. The maximum atomic E-state index is 14.6. The van der Waals surface area contributed by atoms with E-state index in [2.05, 4.69) is 18.8 Å². The zero-order valence-electron chi connectivity index (χ0n) is 15.1. The summed E-state index contributed by atoms with van der Waals surface area (Å²) in [6, 6.07) is 3.50. The van der Waals surface area contributed by atoms with Gasteiger partial charge in [0, 0.05) is 11.1 Å². The first-order valence-corrected chi connectivity index (χ1v) is 8.27. The first-order chi connectivity index (χ1) is 10.5. The molecule has 0 aliphatic carbocycles. The van der Waals surface area contributed by atoms with Crippen molar-refractivity contribution in [2.24, 2.45) is 4.99 Å². The quantitative estimate of drug-likeness (QED) is 0.775. The maximum Gasteiger partial charge on any atom is 0.494 e. The monoisotopic (exact) mass is 317 g/mol. The van der Waals surface area contributed by atoms with Crippen LogP contribution in [0, 0.1) is 5.82 Å². The Morgan fingerprint density at radius 3 is 2.17 bits per heavy atom. The van der Waals surface area contributed by atoms with Gasteiger partial charge in [0.1, 0.15) is 11.5 Å². The number of rotatable bonds is 2. The summed E-state index contributed by atoms with van der Waals surface area (Å²) >= 11 is 0. The molecule has 3 nitrogen and oxygen atoms in total. The van der Waals surface area contributed by atoms with Gasteiger partial charge in [-0.15, -0.1) is 0 Å². The molecule has 124 valence electrons. The SMILES string of the molecule is CCC1(C)C(C)=Nc2c(F)cc(B3OC(C)(C)C(C)(C)O3)cc21. The Kier molecular flexibility index (Phi) is 3.55. The van der Waals surface area contributed by atoms with Crippen LogP contribution < -0.4 is 5.46 Å². The number of hydrogen-bond donors (Lipinski definition) is 0. The van der Waals surface area contributed by atoms with E-state index in [0.29, 0.717) is 5.69 Å². The van der Waals surface area contributed by atoms with Gasteiger partial charge in [0.2, 0.25) is 0 Å². The second-order valence-corrected chi connectivity index (χ2v) is 7.87. The van der Waals surface area contributed by atoms with Crippen molar-refractivity contribution in [2.75, 3.05) is 0 Å². The van der Waals surface area contributed by atoms with Gasteiger partial charge in [0.15, 0.2) is 0 Å². The molecule has 2 heterocycles. The highest BCUT2D eigenvalue weighted by Crippen LogP contribution is 2.44. The molecule has 0 amide bonds. The fourth-order valence-corrected chi connectivity index (χ4v) is 3.20. The molecule has 0 aromatic heterocycles. The molecule has 1 saturated heterocycles. The highest BCUT2D eigenvalue weighted by Gasteiger charge is 2.52. The molecule has 0 saturated carbocycles. The van der Waals surface area contributed by atoms with Gasteiger partial charge in [0.05, 0.1) is 11.2 Å². The molecule has 0 spiro atoms. The normalized spacial score (nSPS) is 28.0. The van der Waals surface area contributed by atoms with Gasteiger partial charge in [-0.2, -0.15) is 0 Å². The van der Waals surface area contributed by atoms with Crippen molar-refractivity contribution < 1.29 is 13.7 Å². The molecule has 5 heteroatoms. The molecule has 1 aromatic carbocycles. The minimum Gasteiger partial charge on any atom is -0.399 e. The van der Waals surface area contributed by atoms with Gasteiger partial charge < -0.3 is 9.31 Å². The Balaban J connectivity index is 2.05. The van der Waals surface area contributed by atoms with E-state index in [-0.39, 0.29) is 11.2 Å². The predicted octanol–water partition coefficient (Wildman–Crippen LogP) is 3.90. The van der Waals surface area contributed by atoms with Crippen molar-refractivity contribution in [3.63, 3.8) is 0 Å². The van der Waals surface area contributed by atoms with Crippen molar-refractivity contribution in [2.45, 2.75) is 71.5 Å². The molecule has 0 radical (unpaired) electrons. The van der Waals surface area contributed by atoms with Crippen molar-refractivity contribution >= 4 is 24.0 Å². The summed E-state index contributed by atoms with van der Waals surface area (Å²) in [6.45, 7) is 14.2. The Labute approximate surface area is 138 Å². The summed E-state index contributed by atoms with van der Waals surface area (Å²) in [5.41, 5.74) is 1.98. The second-order valence-electron chi connectivity index (χ2n) is 7.87. The topological polar surface area (TPSA) is 30.8 Å². The molecule has 2 aliphatic heterocycles. The zero-order chi connectivity index (χ0) is 17.2. The minimum absolute atomic E-state index is 0.226. The van der Waals surface area contributed by atoms with E-state index < -0.39 is 18.3 Å². The summed E-state index contributed by atoms with van der Waals surface area (Å²) in [4.78, 5) is 4.46. The highest BCUT2D eigenvalue weighted by atomic mass is 19.1. The van der Waals surface area contributed by atoms with Gasteiger partial charge in [0.25, 0.3) is 0 Å². The van der Waals surface area contributed by atoms with Crippen LogP contribution in [0.2, 0.25) is 0 Å². The number of nitrogens with zero attached hydrogens (tertiary/aromatic N) is 1. The molecule has 1 atom stereocenters. The summed E-state index contributed by atoms with van der Waals surface area (Å²) < 4.78 is 26.8. The van der Waals surface area contributed by atoms with Crippen molar-refractivity contribution in [3.05, 3.63) is 23.5 Å². The van der Waals surface area contributed by atoms with E-state index in [1.807, 2.05) is 40.7 Å². The third kappa shape index (κ3) is 2.28. The second kappa shape index (κ2) is 4.90. The maximum absolute atomic E-state index is 14.6. The third-order valence-electron chi connectivity index (χ3n) is 5.99. The van der Waals surface area contributed by atoms with Crippen LogP contribution in [0.1, 0.15) is 60.5 Å². The lowest BCUT2D eigenvalue weighted by atomic mass is 9.72. The largest absolute Gasteiger partial charge is 0.494 e. The predicted molar refractivity (Wildman–Crippen MR) is 92.5 cm³/mol. The van der Waals surface area contributed by atoms with E-state index in [1.165, 1.54) is 6.07 Å². The van der Waals surface area contributed by atoms with E-state index >= 15 is 0 Å². The fourth-order valence-electron chi connectivity index (χ4n) is 3.20. The van der Waals surface area contributed by atoms with Gasteiger partial charge >= 0.3 is 7.12 Å². The molecule has 1 aromatic rings. The molecular weight excluding hydrogens is 292 g/mol. The fraction of sp³-hybridized carbons (Fsp3) is 0.611. The first-order valence-electron chi connectivity index (χ1n) is 8.27. The molecule has 1 unspecified atom stereocenters. The lowest BCUT2D eigenvalue weighted by Gasteiger charge is -2.32. The molecule has 23 heavy (non-hydrogen) atoms. The minimum atomic E-state index is -0.554. The smallest absolute Gasteiger partial charge is 0.399 e. The molecule has 0 N–H and O–H groups in total. The van der Waals surface area contributed by atoms with Crippen LogP contribution in [0.15, 0.2) is 17.1 Å². The van der Waals surface area contributed by atoms with Crippen LogP contribution in [-0.4, -0.2) is 24.0 Å². The van der Waals surface area contributed by atoms with E-state index in [4.69, 9.17) is 9.31 Å². The Morgan fingerprint density at radius 2 is 1.65 bits per heavy atom. The molecule has 3 rings (SSSR count). The molecular formula is C18H25BFNO2. The number of fused-ring (bicyclic) bond motifs is 1. The van der Waals surface area contributed by atoms with E-state index in [1.54, 1.807) is 0 Å². The van der Waals surface area contributed by atoms with Gasteiger partial charge in [-0.05, 0) is 58.1 Å². The number of halogens is 1. The average molecular weight is 317 g/mol. The van der Waals surface area contributed by atoms with Crippen LogP contribution >= 0.6 is 0 Å². The van der Waals surface area contributed by atoms with Crippen LogP contribution in [0.4, 0.5) is 10.1 Å². The number of hydrogen-bond acceptors (Lipinski definition) is 3. The third-order valence-corrected chi connectivity index (χ3v) is 5.99. The molecule has 1 fully saturated rings. The highest BCUT2D eigenvalue weighted by molar-refractivity contribution is 6.62. The molecule has 2 aliphatic rings. The summed E-state index contributed by atoms with van der Waals surface area (Å²) in [5, 5.41) is 0. The Morgan fingerprint density at radius 1 is 1.09 bits per heavy atom. The number of aliphatic imine (C=N–C) groups is 1. The standard InChI is InChI=1S/C18H25BFNO2/c1-8-18(7)11(2)21-15-13(18)9-12(10-14(15)20)19-22-16(3,4)17(5,6)23-19/h9-10H,8H2,1-7H3. The van der Waals surface area contributed by atoms with E-state index in [0.717, 1.165) is 23.2 Å². The lowest BCUT2D eigenvalue weighted by Crippen LogP contribution is -2.41.